The topological polar surface area (TPSA) is 50.9 Å². The highest BCUT2D eigenvalue weighted by atomic mass is 32.2. The van der Waals surface area contributed by atoms with E-state index in [-0.39, 0.29) is 0 Å². The quantitative estimate of drug-likeness (QED) is 0.644. The molecule has 4 heteroatoms. The Hall–Kier alpha value is -1.42. The highest BCUT2D eigenvalue weighted by Gasteiger charge is 2.04. The zero-order valence-corrected chi connectivity index (χ0v) is 11.0. The van der Waals surface area contributed by atoms with Crippen molar-refractivity contribution < 1.29 is 0 Å². The molecule has 0 saturated heterocycles. The van der Waals surface area contributed by atoms with Crippen LogP contribution in [-0.2, 0) is 0 Å². The molecule has 0 atom stereocenters. The Bertz CT molecular complexity index is 525. The number of nitrogens with two attached hydrogens (primary N) is 1. The van der Waals surface area contributed by atoms with Crippen LogP contribution in [0.1, 0.15) is 5.69 Å². The van der Waals surface area contributed by atoms with Gasteiger partial charge in [-0.1, -0.05) is 0 Å². The van der Waals surface area contributed by atoms with Gasteiger partial charge in [-0.25, -0.2) is 0 Å². The molecule has 1 heterocycles. The minimum Gasteiger partial charge on any atom is -0.398 e. The van der Waals surface area contributed by atoms with Crippen molar-refractivity contribution in [3.63, 3.8) is 0 Å². The molecule has 1 aromatic heterocycles. The molecule has 17 heavy (non-hydrogen) atoms. The Labute approximate surface area is 106 Å². The van der Waals surface area contributed by atoms with E-state index in [9.17, 15) is 0 Å². The van der Waals surface area contributed by atoms with Crippen molar-refractivity contribution >= 4 is 33.9 Å². The summed E-state index contributed by atoms with van der Waals surface area (Å²) in [6.45, 7) is 2.95. The summed E-state index contributed by atoms with van der Waals surface area (Å²) in [7, 11) is 0. The number of anilines is 2. The molecule has 90 valence electrons. The Morgan fingerprint density at radius 3 is 2.94 bits per heavy atom. The molecule has 0 aliphatic rings. The summed E-state index contributed by atoms with van der Waals surface area (Å²) < 4.78 is 0. The maximum absolute atomic E-state index is 5.96. The van der Waals surface area contributed by atoms with E-state index in [0.717, 1.165) is 40.1 Å². The minimum atomic E-state index is 0.780. The van der Waals surface area contributed by atoms with Crippen molar-refractivity contribution in [3.8, 4) is 0 Å². The first kappa shape index (κ1) is 12.0. The van der Waals surface area contributed by atoms with Crippen LogP contribution in [0, 0.1) is 6.92 Å². The molecule has 0 radical (unpaired) electrons. The van der Waals surface area contributed by atoms with Gasteiger partial charge in [0.15, 0.2) is 0 Å². The fourth-order valence-electron chi connectivity index (χ4n) is 1.81. The van der Waals surface area contributed by atoms with Gasteiger partial charge < -0.3 is 11.1 Å². The highest BCUT2D eigenvalue weighted by Crippen LogP contribution is 2.28. The van der Waals surface area contributed by atoms with Crippen LogP contribution in [0.2, 0.25) is 0 Å². The molecule has 0 bridgehead atoms. The van der Waals surface area contributed by atoms with E-state index in [1.807, 2.05) is 37.0 Å². The first-order chi connectivity index (χ1) is 8.22. The van der Waals surface area contributed by atoms with Crippen molar-refractivity contribution in [1.82, 2.24) is 4.98 Å². The third-order valence-electron chi connectivity index (χ3n) is 2.69. The van der Waals surface area contributed by atoms with Crippen molar-refractivity contribution in [3.05, 3.63) is 30.1 Å². The lowest BCUT2D eigenvalue weighted by Gasteiger charge is -2.11. The molecular weight excluding hydrogens is 230 g/mol. The second-order valence-corrected chi connectivity index (χ2v) is 4.98. The fourth-order valence-corrected chi connectivity index (χ4v) is 2.11. The summed E-state index contributed by atoms with van der Waals surface area (Å²) in [5.74, 6) is 1.09. The summed E-state index contributed by atoms with van der Waals surface area (Å²) in [6.07, 6.45) is 3.95. The summed E-state index contributed by atoms with van der Waals surface area (Å²) >= 11 is 1.83. The van der Waals surface area contributed by atoms with Crippen LogP contribution in [0.25, 0.3) is 10.8 Å². The van der Waals surface area contributed by atoms with Crippen molar-refractivity contribution in [1.29, 1.82) is 0 Å². The number of aromatic nitrogens is 1. The number of nitrogens with zero attached hydrogens (tertiary/aromatic N) is 1. The Morgan fingerprint density at radius 1 is 1.35 bits per heavy atom. The number of rotatable bonds is 4. The number of hydrogen-bond acceptors (Lipinski definition) is 4. The number of hydrogen-bond donors (Lipinski definition) is 2. The number of nitrogens with one attached hydrogen (secondary N) is 1. The van der Waals surface area contributed by atoms with Crippen LogP contribution in [0.5, 0.6) is 0 Å². The van der Waals surface area contributed by atoms with Gasteiger partial charge in [0.05, 0.1) is 0 Å². The molecule has 0 aliphatic heterocycles. The average Bonchev–Trinajstić information content (AvgIpc) is 2.32. The number of thioether (sulfide) groups is 1. The lowest BCUT2D eigenvalue weighted by Crippen LogP contribution is -2.04. The largest absolute Gasteiger partial charge is 0.398 e. The standard InChI is InChI=1S/C13H17N3S/c1-9-7-10-11(8-16-9)12(14)3-4-13(10)15-5-6-17-2/h3-4,7-8,15H,5-6,14H2,1-2H3. The molecule has 0 aliphatic carbocycles. The molecule has 0 spiro atoms. The molecule has 3 N–H and O–H groups in total. The molecule has 3 nitrogen and oxygen atoms in total. The average molecular weight is 247 g/mol. The van der Waals surface area contributed by atoms with Crippen LogP contribution < -0.4 is 11.1 Å². The van der Waals surface area contributed by atoms with Gasteiger partial charge in [-0.05, 0) is 31.4 Å². The smallest absolute Gasteiger partial charge is 0.0422 e. The number of aryl methyl sites for hydroxylation is 1. The number of pyridine rings is 1. The van der Waals surface area contributed by atoms with Gasteiger partial charge in [0.2, 0.25) is 0 Å². The second kappa shape index (κ2) is 5.27. The predicted octanol–water partition coefficient (Wildman–Crippen LogP) is 2.90. The van der Waals surface area contributed by atoms with Gasteiger partial charge in [0.1, 0.15) is 0 Å². The van der Waals surface area contributed by atoms with Crippen LogP contribution in [0.15, 0.2) is 24.4 Å². The Kier molecular flexibility index (Phi) is 3.74. The van der Waals surface area contributed by atoms with Gasteiger partial charge in [0, 0.05) is 46.3 Å². The van der Waals surface area contributed by atoms with Crippen molar-refractivity contribution in [2.75, 3.05) is 29.6 Å². The van der Waals surface area contributed by atoms with E-state index in [2.05, 4.69) is 22.6 Å². The van der Waals surface area contributed by atoms with E-state index in [0.29, 0.717) is 0 Å². The van der Waals surface area contributed by atoms with Crippen LogP contribution in [0.3, 0.4) is 0 Å². The SMILES string of the molecule is CSCCNc1ccc(N)c2cnc(C)cc12. The van der Waals surface area contributed by atoms with Gasteiger partial charge in [-0.2, -0.15) is 11.8 Å². The molecule has 1 aromatic carbocycles. The molecule has 2 aromatic rings. The summed E-state index contributed by atoms with van der Waals surface area (Å²) in [5, 5.41) is 5.61. The van der Waals surface area contributed by atoms with E-state index >= 15 is 0 Å². The van der Waals surface area contributed by atoms with Crippen molar-refractivity contribution in [2.24, 2.45) is 0 Å². The molecule has 0 unspecified atom stereocenters. The minimum absolute atomic E-state index is 0.780. The summed E-state index contributed by atoms with van der Waals surface area (Å²) in [5.41, 5.74) is 8.88. The van der Waals surface area contributed by atoms with Crippen LogP contribution in [0.4, 0.5) is 11.4 Å². The van der Waals surface area contributed by atoms with Gasteiger partial charge in [0.25, 0.3) is 0 Å². The number of benzene rings is 1. The third-order valence-corrected chi connectivity index (χ3v) is 3.31. The zero-order chi connectivity index (χ0) is 12.3. The number of nitrogen functional groups attached to an aromatic ring is 1. The van der Waals surface area contributed by atoms with Gasteiger partial charge in [-0.3, -0.25) is 4.98 Å². The first-order valence-corrected chi connectivity index (χ1v) is 6.99. The maximum Gasteiger partial charge on any atom is 0.0422 e. The molecule has 0 fully saturated rings. The summed E-state index contributed by atoms with van der Waals surface area (Å²) in [6, 6.07) is 6.05. The lowest BCUT2D eigenvalue weighted by molar-refractivity contribution is 1.21. The molecule has 0 saturated carbocycles. The molecule has 2 rings (SSSR count). The van der Waals surface area contributed by atoms with Gasteiger partial charge in [-0.15, -0.1) is 0 Å². The molecular formula is C13H17N3S. The molecule has 0 amide bonds. The van der Waals surface area contributed by atoms with E-state index in [4.69, 9.17) is 5.73 Å². The van der Waals surface area contributed by atoms with Crippen molar-refractivity contribution in [2.45, 2.75) is 6.92 Å². The van der Waals surface area contributed by atoms with E-state index in [1.54, 1.807) is 0 Å². The monoisotopic (exact) mass is 247 g/mol. The highest BCUT2D eigenvalue weighted by molar-refractivity contribution is 7.98. The fraction of sp³-hybridized carbons (Fsp3) is 0.308. The summed E-state index contributed by atoms with van der Waals surface area (Å²) in [4.78, 5) is 4.29. The van der Waals surface area contributed by atoms with E-state index in [1.165, 1.54) is 0 Å². The first-order valence-electron chi connectivity index (χ1n) is 5.60. The predicted molar refractivity (Wildman–Crippen MR) is 77.8 cm³/mol. The normalized spacial score (nSPS) is 10.7. The van der Waals surface area contributed by atoms with Crippen LogP contribution >= 0.6 is 11.8 Å². The second-order valence-electron chi connectivity index (χ2n) is 3.99. The Morgan fingerprint density at radius 2 is 2.18 bits per heavy atom. The van der Waals surface area contributed by atoms with Gasteiger partial charge >= 0.3 is 0 Å². The maximum atomic E-state index is 5.96. The zero-order valence-electron chi connectivity index (χ0n) is 10.2. The number of fused-ring (bicyclic) bond motifs is 1. The Balaban J connectivity index is 2.41. The lowest BCUT2D eigenvalue weighted by atomic mass is 10.1. The van der Waals surface area contributed by atoms with Crippen LogP contribution in [-0.4, -0.2) is 23.5 Å². The van der Waals surface area contributed by atoms with E-state index < -0.39 is 0 Å². The third kappa shape index (κ3) is 2.64.